The lowest BCUT2D eigenvalue weighted by molar-refractivity contribution is 0.232. The monoisotopic (exact) mass is 290 g/mol. The van der Waals surface area contributed by atoms with E-state index in [9.17, 15) is 4.79 Å². The van der Waals surface area contributed by atoms with Crippen LogP contribution in [0.3, 0.4) is 0 Å². The maximum absolute atomic E-state index is 11.3. The Morgan fingerprint density at radius 1 is 1.33 bits per heavy atom. The largest absolute Gasteiger partial charge is 0.493 e. The maximum atomic E-state index is 11.3. The van der Waals surface area contributed by atoms with Crippen molar-refractivity contribution in [3.05, 3.63) is 40.7 Å². The van der Waals surface area contributed by atoms with Crippen molar-refractivity contribution in [2.75, 3.05) is 26.3 Å². The van der Waals surface area contributed by atoms with E-state index in [0.29, 0.717) is 6.61 Å². The number of aliphatic hydroxyl groups excluding tert-OH is 1. The molecule has 0 aliphatic carbocycles. The first-order valence-electron chi connectivity index (χ1n) is 7.27. The summed E-state index contributed by atoms with van der Waals surface area (Å²) in [5.41, 5.74) is 0.678. The van der Waals surface area contributed by atoms with Crippen LogP contribution in [0.15, 0.2) is 35.1 Å². The Morgan fingerprint density at radius 2 is 2.19 bits per heavy atom. The van der Waals surface area contributed by atoms with Gasteiger partial charge in [-0.2, -0.15) is 0 Å². The van der Waals surface area contributed by atoms with Crippen LogP contribution < -0.4 is 15.6 Å². The molecular weight excluding hydrogens is 268 g/mol. The standard InChI is InChI=1S/C16H22N2O3/c1-12(11-19)10-17-8-3-9-21-15-5-2-4-14-13(15)6-7-16(20)18-14/h2,4-7,12,17,19H,3,8-11H2,1H3,(H,18,20). The van der Waals surface area contributed by atoms with Gasteiger partial charge in [0.15, 0.2) is 0 Å². The number of fused-ring (bicyclic) bond motifs is 1. The summed E-state index contributed by atoms with van der Waals surface area (Å²) < 4.78 is 5.78. The van der Waals surface area contributed by atoms with Crippen LogP contribution in [0.4, 0.5) is 0 Å². The minimum Gasteiger partial charge on any atom is -0.493 e. The first-order valence-corrected chi connectivity index (χ1v) is 7.27. The van der Waals surface area contributed by atoms with Crippen molar-refractivity contribution in [2.24, 2.45) is 5.92 Å². The average molecular weight is 290 g/mol. The second-order valence-corrected chi connectivity index (χ2v) is 5.23. The highest BCUT2D eigenvalue weighted by molar-refractivity contribution is 5.84. The van der Waals surface area contributed by atoms with Gasteiger partial charge in [-0.25, -0.2) is 0 Å². The fraction of sp³-hybridized carbons (Fsp3) is 0.438. The molecule has 0 spiro atoms. The van der Waals surface area contributed by atoms with E-state index < -0.39 is 0 Å². The molecular formula is C16H22N2O3. The molecule has 1 aromatic carbocycles. The highest BCUT2D eigenvalue weighted by Crippen LogP contribution is 2.22. The van der Waals surface area contributed by atoms with Crippen molar-refractivity contribution in [2.45, 2.75) is 13.3 Å². The number of hydrogen-bond donors (Lipinski definition) is 3. The third-order valence-corrected chi connectivity index (χ3v) is 3.29. The topological polar surface area (TPSA) is 74.3 Å². The zero-order valence-corrected chi connectivity index (χ0v) is 12.3. The normalized spacial score (nSPS) is 12.5. The number of nitrogens with one attached hydrogen (secondary N) is 2. The molecule has 0 bridgehead atoms. The molecule has 2 rings (SSSR count). The van der Waals surface area contributed by atoms with Crippen molar-refractivity contribution < 1.29 is 9.84 Å². The van der Waals surface area contributed by atoms with E-state index in [4.69, 9.17) is 9.84 Å². The smallest absolute Gasteiger partial charge is 0.248 e. The molecule has 1 atom stereocenters. The summed E-state index contributed by atoms with van der Waals surface area (Å²) in [6, 6.07) is 8.93. The number of pyridine rings is 1. The molecule has 0 fully saturated rings. The van der Waals surface area contributed by atoms with E-state index in [1.807, 2.05) is 25.1 Å². The van der Waals surface area contributed by atoms with Gasteiger partial charge in [-0.3, -0.25) is 4.79 Å². The summed E-state index contributed by atoms with van der Waals surface area (Å²) >= 11 is 0. The Bertz CT molecular complexity index is 624. The SMILES string of the molecule is CC(CO)CNCCCOc1cccc2[nH]c(=O)ccc12. The van der Waals surface area contributed by atoms with Gasteiger partial charge in [0.2, 0.25) is 5.56 Å². The molecule has 1 aromatic heterocycles. The molecule has 114 valence electrons. The number of rotatable bonds is 8. The molecule has 1 unspecified atom stereocenters. The Labute approximate surface area is 124 Å². The van der Waals surface area contributed by atoms with Gasteiger partial charge in [-0.05, 0) is 43.6 Å². The fourth-order valence-electron chi connectivity index (χ4n) is 2.08. The number of aromatic amines is 1. The van der Waals surface area contributed by atoms with Crippen molar-refractivity contribution in [1.82, 2.24) is 10.3 Å². The minimum atomic E-state index is -0.109. The Balaban J connectivity index is 1.82. The fourth-order valence-corrected chi connectivity index (χ4v) is 2.08. The number of hydrogen-bond acceptors (Lipinski definition) is 4. The molecule has 0 amide bonds. The summed E-state index contributed by atoms with van der Waals surface area (Å²) in [6.45, 7) is 4.48. The molecule has 0 aliphatic heterocycles. The summed E-state index contributed by atoms with van der Waals surface area (Å²) in [5, 5.41) is 13.1. The predicted octanol–water partition coefficient (Wildman–Crippen LogP) is 1.51. The van der Waals surface area contributed by atoms with Crippen LogP contribution in [-0.2, 0) is 0 Å². The third kappa shape index (κ3) is 4.58. The molecule has 0 aliphatic rings. The van der Waals surface area contributed by atoms with Gasteiger partial charge in [0, 0.05) is 18.1 Å². The van der Waals surface area contributed by atoms with Gasteiger partial charge >= 0.3 is 0 Å². The molecule has 1 heterocycles. The number of aliphatic hydroxyl groups is 1. The van der Waals surface area contributed by atoms with Crippen molar-refractivity contribution in [1.29, 1.82) is 0 Å². The van der Waals surface area contributed by atoms with Crippen LogP contribution in [-0.4, -0.2) is 36.4 Å². The lowest BCUT2D eigenvalue weighted by atomic mass is 10.2. The second kappa shape index (κ2) is 7.81. The van der Waals surface area contributed by atoms with Crippen LogP contribution in [0.5, 0.6) is 5.75 Å². The minimum absolute atomic E-state index is 0.109. The van der Waals surface area contributed by atoms with Crippen molar-refractivity contribution in [3.63, 3.8) is 0 Å². The number of ether oxygens (including phenoxy) is 1. The van der Waals surface area contributed by atoms with Gasteiger partial charge in [-0.15, -0.1) is 0 Å². The summed E-state index contributed by atoms with van der Waals surface area (Å²) in [6.07, 6.45) is 0.887. The van der Waals surface area contributed by atoms with E-state index in [2.05, 4.69) is 10.3 Å². The molecule has 0 radical (unpaired) electrons. The van der Waals surface area contributed by atoms with E-state index >= 15 is 0 Å². The summed E-state index contributed by atoms with van der Waals surface area (Å²) in [4.78, 5) is 14.1. The summed E-state index contributed by atoms with van der Waals surface area (Å²) in [5.74, 6) is 1.06. The van der Waals surface area contributed by atoms with E-state index in [1.54, 1.807) is 6.07 Å². The van der Waals surface area contributed by atoms with E-state index in [1.165, 1.54) is 6.07 Å². The lowest BCUT2D eigenvalue weighted by Crippen LogP contribution is -2.25. The lowest BCUT2D eigenvalue weighted by Gasteiger charge is -2.11. The second-order valence-electron chi connectivity index (χ2n) is 5.23. The third-order valence-electron chi connectivity index (χ3n) is 3.29. The van der Waals surface area contributed by atoms with Gasteiger partial charge < -0.3 is 20.1 Å². The van der Waals surface area contributed by atoms with Crippen LogP contribution in [0.2, 0.25) is 0 Å². The average Bonchev–Trinajstić information content (AvgIpc) is 2.50. The molecule has 5 heteroatoms. The Hall–Kier alpha value is -1.85. The van der Waals surface area contributed by atoms with Gasteiger partial charge in [-0.1, -0.05) is 13.0 Å². The van der Waals surface area contributed by atoms with E-state index in [-0.39, 0.29) is 18.1 Å². The number of aromatic nitrogens is 1. The number of H-pyrrole nitrogens is 1. The zero-order chi connectivity index (χ0) is 15.1. The molecule has 0 saturated heterocycles. The quantitative estimate of drug-likeness (QED) is 0.644. The molecule has 2 aromatic rings. The molecule has 5 nitrogen and oxygen atoms in total. The van der Waals surface area contributed by atoms with Gasteiger partial charge in [0.1, 0.15) is 5.75 Å². The van der Waals surface area contributed by atoms with Crippen molar-refractivity contribution >= 4 is 10.9 Å². The van der Waals surface area contributed by atoms with E-state index in [0.717, 1.165) is 36.2 Å². The summed E-state index contributed by atoms with van der Waals surface area (Å²) in [7, 11) is 0. The first kappa shape index (κ1) is 15.5. The van der Waals surface area contributed by atoms with Crippen LogP contribution in [0.25, 0.3) is 10.9 Å². The van der Waals surface area contributed by atoms with Crippen LogP contribution >= 0.6 is 0 Å². The highest BCUT2D eigenvalue weighted by Gasteiger charge is 2.02. The van der Waals surface area contributed by atoms with Crippen LogP contribution in [0.1, 0.15) is 13.3 Å². The Morgan fingerprint density at radius 3 is 3.00 bits per heavy atom. The number of benzene rings is 1. The molecule has 0 saturated carbocycles. The van der Waals surface area contributed by atoms with Gasteiger partial charge in [0.05, 0.1) is 12.1 Å². The maximum Gasteiger partial charge on any atom is 0.248 e. The zero-order valence-electron chi connectivity index (χ0n) is 12.3. The predicted molar refractivity (Wildman–Crippen MR) is 83.8 cm³/mol. The Kier molecular flexibility index (Phi) is 5.78. The highest BCUT2D eigenvalue weighted by atomic mass is 16.5. The van der Waals surface area contributed by atoms with Crippen molar-refractivity contribution in [3.8, 4) is 5.75 Å². The molecule has 21 heavy (non-hydrogen) atoms. The van der Waals surface area contributed by atoms with Crippen LogP contribution in [0, 0.1) is 5.92 Å². The molecule has 3 N–H and O–H groups in total. The first-order chi connectivity index (χ1) is 10.2. The van der Waals surface area contributed by atoms with Gasteiger partial charge in [0.25, 0.3) is 0 Å².